The third-order valence-corrected chi connectivity index (χ3v) is 9.89. The van der Waals surface area contributed by atoms with Gasteiger partial charge in [0.1, 0.15) is 0 Å². The number of para-hydroxylation sites is 6. The van der Waals surface area contributed by atoms with E-state index in [0.717, 1.165) is 6.42 Å². The van der Waals surface area contributed by atoms with Crippen molar-refractivity contribution in [3.8, 4) is 22.5 Å². The molecule has 0 fully saturated rings. The average Bonchev–Trinajstić information content (AvgIpc) is 3.87. The first-order valence-electron chi connectivity index (χ1n) is 17.6. The van der Waals surface area contributed by atoms with E-state index in [2.05, 4.69) is 215 Å². The number of rotatable bonds is 2. The minimum atomic E-state index is 1.10. The molecule has 11 rings (SSSR count). The summed E-state index contributed by atoms with van der Waals surface area (Å²) in [7, 11) is 0. The second-order valence-corrected chi connectivity index (χ2v) is 12.9. The Balaban J connectivity index is 0.000000104. The predicted molar refractivity (Wildman–Crippen MR) is 216 cm³/mol. The Morgan fingerprint density at radius 2 is 0.529 bits per heavy atom. The minimum Gasteiger partial charge on any atom is -0.309 e. The maximum absolute atomic E-state index is 2.32. The highest BCUT2D eigenvalue weighted by atomic mass is 15.0. The van der Waals surface area contributed by atoms with Crippen molar-refractivity contribution >= 4 is 43.6 Å². The van der Waals surface area contributed by atoms with Crippen LogP contribution >= 0.6 is 0 Å². The third-order valence-electron chi connectivity index (χ3n) is 9.89. The van der Waals surface area contributed by atoms with Crippen LogP contribution in [0.25, 0.3) is 66.1 Å². The molecule has 0 saturated carbocycles. The maximum Gasteiger partial charge on any atom is 0.0541 e. The Bertz CT molecular complexity index is 2470. The fourth-order valence-electron chi connectivity index (χ4n) is 7.64. The highest BCUT2D eigenvalue weighted by molar-refractivity contribution is 6.10. The molecule has 0 N–H and O–H groups in total. The van der Waals surface area contributed by atoms with E-state index in [1.165, 1.54) is 77.2 Å². The first kappa shape index (κ1) is 30.4. The molecule has 51 heavy (non-hydrogen) atoms. The smallest absolute Gasteiger partial charge is 0.0541 e. The van der Waals surface area contributed by atoms with Crippen molar-refractivity contribution in [2.24, 2.45) is 0 Å². The lowest BCUT2D eigenvalue weighted by molar-refractivity contribution is 1.18. The Morgan fingerprint density at radius 1 is 0.255 bits per heavy atom. The summed E-state index contributed by atoms with van der Waals surface area (Å²) in [5.41, 5.74) is 13.2. The molecule has 2 nitrogen and oxygen atoms in total. The Labute approximate surface area is 298 Å². The van der Waals surface area contributed by atoms with E-state index >= 15 is 0 Å². The predicted octanol–water partition coefficient (Wildman–Crippen LogP) is 12.8. The molecule has 1 aliphatic carbocycles. The van der Waals surface area contributed by atoms with Crippen molar-refractivity contribution in [2.45, 2.75) is 6.42 Å². The van der Waals surface area contributed by atoms with E-state index in [1.807, 2.05) is 0 Å². The summed E-state index contributed by atoms with van der Waals surface area (Å²) in [6, 6.07) is 72.6. The zero-order valence-electron chi connectivity index (χ0n) is 28.2. The summed E-state index contributed by atoms with van der Waals surface area (Å²) in [6.45, 7) is 0. The van der Waals surface area contributed by atoms with Gasteiger partial charge in [-0.2, -0.15) is 0 Å². The topological polar surface area (TPSA) is 9.86 Å². The molecule has 0 radical (unpaired) electrons. The lowest BCUT2D eigenvalue weighted by Gasteiger charge is -2.06. The normalized spacial score (nSPS) is 11.5. The Kier molecular flexibility index (Phi) is 7.96. The van der Waals surface area contributed by atoms with Crippen LogP contribution in [0.1, 0.15) is 11.1 Å². The monoisotopic (exact) mass is 652 g/mol. The zero-order valence-corrected chi connectivity index (χ0v) is 28.2. The van der Waals surface area contributed by atoms with Crippen LogP contribution < -0.4 is 0 Å². The van der Waals surface area contributed by atoms with Gasteiger partial charge in [0.2, 0.25) is 0 Å². The van der Waals surface area contributed by atoms with Crippen molar-refractivity contribution in [3.63, 3.8) is 0 Å². The number of hydrogen-bond acceptors (Lipinski definition) is 0. The summed E-state index contributed by atoms with van der Waals surface area (Å²) in [5.74, 6) is 0. The van der Waals surface area contributed by atoms with Crippen LogP contribution in [0.15, 0.2) is 206 Å². The molecule has 2 heterocycles. The van der Waals surface area contributed by atoms with E-state index < -0.39 is 0 Å². The molecule has 2 heteroatoms. The number of hydrogen-bond donors (Lipinski definition) is 0. The highest BCUT2D eigenvalue weighted by Crippen LogP contribution is 2.36. The second-order valence-electron chi connectivity index (χ2n) is 12.9. The molecule has 10 aromatic rings. The molecule has 0 bridgehead atoms. The van der Waals surface area contributed by atoms with Crippen LogP contribution in [0, 0.1) is 0 Å². The summed E-state index contributed by atoms with van der Waals surface area (Å²) in [5, 5.41) is 5.23. The molecular formula is C49H36N2. The molecule has 0 atom stereocenters. The molecule has 0 aliphatic heterocycles. The van der Waals surface area contributed by atoms with E-state index in [1.54, 1.807) is 0 Å². The zero-order chi connectivity index (χ0) is 34.0. The van der Waals surface area contributed by atoms with Crippen molar-refractivity contribution in [3.05, 3.63) is 217 Å². The molecule has 0 saturated heterocycles. The van der Waals surface area contributed by atoms with Crippen LogP contribution in [0.3, 0.4) is 0 Å². The highest BCUT2D eigenvalue weighted by Gasteiger charge is 2.16. The summed E-state index contributed by atoms with van der Waals surface area (Å²) < 4.78 is 4.65. The van der Waals surface area contributed by atoms with Crippen LogP contribution in [0.5, 0.6) is 0 Å². The number of fused-ring (bicyclic) bond motifs is 9. The Hall–Kier alpha value is -6.64. The molecular weight excluding hydrogens is 617 g/mol. The van der Waals surface area contributed by atoms with Crippen LogP contribution in [-0.4, -0.2) is 9.13 Å². The SMILES string of the molecule is c1ccc(-n2c3ccccc3c3ccccc32)cc1.c1ccc(-n2c3ccccc3c3ccccc32)cc1.c1ccc2c(c1)Cc1ccccc1-2. The number of aromatic nitrogens is 2. The maximum atomic E-state index is 2.32. The second kappa shape index (κ2) is 13.3. The van der Waals surface area contributed by atoms with E-state index in [9.17, 15) is 0 Å². The molecule has 2 aromatic heterocycles. The minimum absolute atomic E-state index is 1.10. The molecule has 1 aliphatic rings. The third kappa shape index (κ3) is 5.57. The van der Waals surface area contributed by atoms with Gasteiger partial charge in [-0.15, -0.1) is 0 Å². The van der Waals surface area contributed by atoms with E-state index in [-0.39, 0.29) is 0 Å². The van der Waals surface area contributed by atoms with Crippen molar-refractivity contribution < 1.29 is 0 Å². The van der Waals surface area contributed by atoms with Gasteiger partial charge in [-0.3, -0.25) is 0 Å². The number of nitrogens with zero attached hydrogens (tertiary/aromatic N) is 2. The first-order valence-corrected chi connectivity index (χ1v) is 17.6. The van der Waals surface area contributed by atoms with E-state index in [0.29, 0.717) is 0 Å². The van der Waals surface area contributed by atoms with Crippen LogP contribution in [0.4, 0.5) is 0 Å². The average molecular weight is 653 g/mol. The fraction of sp³-hybridized carbons (Fsp3) is 0.0204. The first-order chi connectivity index (χ1) is 25.3. The molecule has 0 spiro atoms. The van der Waals surface area contributed by atoms with Gasteiger partial charge in [0.25, 0.3) is 0 Å². The van der Waals surface area contributed by atoms with Crippen LogP contribution in [-0.2, 0) is 6.42 Å². The van der Waals surface area contributed by atoms with Gasteiger partial charge in [-0.05, 0) is 77.2 Å². The fourth-order valence-corrected chi connectivity index (χ4v) is 7.64. The van der Waals surface area contributed by atoms with Crippen molar-refractivity contribution in [1.82, 2.24) is 9.13 Å². The summed E-state index contributed by atoms with van der Waals surface area (Å²) in [6.07, 6.45) is 1.10. The quantitative estimate of drug-likeness (QED) is 0.176. The molecule has 0 amide bonds. The van der Waals surface area contributed by atoms with Gasteiger partial charge in [-0.25, -0.2) is 0 Å². The number of benzene rings is 8. The lowest BCUT2D eigenvalue weighted by Crippen LogP contribution is -1.92. The van der Waals surface area contributed by atoms with Gasteiger partial charge >= 0.3 is 0 Å². The largest absolute Gasteiger partial charge is 0.309 e. The summed E-state index contributed by atoms with van der Waals surface area (Å²) >= 11 is 0. The van der Waals surface area contributed by atoms with Crippen LogP contribution in [0.2, 0.25) is 0 Å². The molecule has 242 valence electrons. The molecule has 0 unspecified atom stereocenters. The van der Waals surface area contributed by atoms with E-state index in [4.69, 9.17) is 0 Å². The van der Waals surface area contributed by atoms with Gasteiger partial charge in [0.15, 0.2) is 0 Å². The molecule has 8 aromatic carbocycles. The van der Waals surface area contributed by atoms with Gasteiger partial charge in [0.05, 0.1) is 22.1 Å². The van der Waals surface area contributed by atoms with Gasteiger partial charge in [0, 0.05) is 32.9 Å². The Morgan fingerprint density at radius 3 is 0.882 bits per heavy atom. The van der Waals surface area contributed by atoms with Crippen molar-refractivity contribution in [1.29, 1.82) is 0 Å². The summed E-state index contributed by atoms with van der Waals surface area (Å²) in [4.78, 5) is 0. The van der Waals surface area contributed by atoms with Crippen molar-refractivity contribution in [2.75, 3.05) is 0 Å². The van der Waals surface area contributed by atoms with Gasteiger partial charge < -0.3 is 9.13 Å². The van der Waals surface area contributed by atoms with Gasteiger partial charge in [-0.1, -0.05) is 158 Å². The lowest BCUT2D eigenvalue weighted by atomic mass is 10.1. The standard InChI is InChI=1S/2C18H13N.C13H10/c2*1-2-8-14(9-3-1)19-17-12-6-4-10-15(17)16-11-5-7-13-18(16)19;1-3-7-12-10(5-1)9-11-6-2-4-8-13(11)12/h2*1-13H;1-8H,9H2.